The molecule has 0 saturated heterocycles. The molecule has 3 heteroatoms. The minimum Gasteiger partial charge on any atom is -0.384 e. The first-order valence-electron chi connectivity index (χ1n) is 5.05. The lowest BCUT2D eigenvalue weighted by atomic mass is 10.1. The van der Waals surface area contributed by atoms with Crippen LogP contribution in [0.5, 0.6) is 0 Å². The maximum atomic E-state index is 9.86. The molecule has 0 aliphatic carbocycles. The summed E-state index contributed by atoms with van der Waals surface area (Å²) < 4.78 is 1.95. The summed E-state index contributed by atoms with van der Waals surface area (Å²) in [6.07, 6.45) is 1.01. The van der Waals surface area contributed by atoms with Gasteiger partial charge in [-0.2, -0.15) is 0 Å². The second kappa shape index (κ2) is 4.40. The molecule has 2 aromatic rings. The van der Waals surface area contributed by atoms with E-state index < -0.39 is 6.10 Å². The normalized spacial score (nSPS) is 12.2. The fourth-order valence-corrected chi connectivity index (χ4v) is 1.81. The third-order valence-electron chi connectivity index (χ3n) is 2.54. The number of rotatable bonds is 1. The number of aliphatic hydroxyl groups excluding tert-OH is 2. The van der Waals surface area contributed by atoms with E-state index in [1.54, 1.807) is 0 Å². The van der Waals surface area contributed by atoms with Crippen molar-refractivity contribution in [1.29, 1.82) is 0 Å². The summed E-state index contributed by atoms with van der Waals surface area (Å²) in [5, 5.41) is 19.4. The zero-order chi connectivity index (χ0) is 11.5. The lowest BCUT2D eigenvalue weighted by Crippen LogP contribution is -1.92. The summed E-state index contributed by atoms with van der Waals surface area (Å²) in [6, 6.07) is 7.83. The number of hydrogen-bond donors (Lipinski definition) is 2. The molecule has 0 fully saturated rings. The van der Waals surface area contributed by atoms with Crippen molar-refractivity contribution in [2.24, 2.45) is 7.05 Å². The fraction of sp³-hybridized carbons (Fsp3) is 0.231. The van der Waals surface area contributed by atoms with E-state index in [9.17, 15) is 5.11 Å². The van der Waals surface area contributed by atoms with E-state index in [1.165, 1.54) is 0 Å². The number of benzene rings is 1. The molecule has 1 atom stereocenters. The molecule has 0 spiro atoms. The van der Waals surface area contributed by atoms with Crippen LogP contribution in [0.2, 0.25) is 0 Å². The van der Waals surface area contributed by atoms with E-state index in [0.717, 1.165) is 16.5 Å². The van der Waals surface area contributed by atoms with Crippen molar-refractivity contribution in [3.63, 3.8) is 0 Å². The van der Waals surface area contributed by atoms with E-state index in [0.29, 0.717) is 0 Å². The predicted molar refractivity (Wildman–Crippen MR) is 62.7 cm³/mol. The van der Waals surface area contributed by atoms with Crippen molar-refractivity contribution >= 4 is 10.9 Å². The monoisotopic (exact) mass is 215 g/mol. The van der Waals surface area contributed by atoms with Gasteiger partial charge >= 0.3 is 0 Å². The largest absolute Gasteiger partial charge is 0.384 e. The van der Waals surface area contributed by atoms with E-state index in [1.807, 2.05) is 42.1 Å². The van der Waals surface area contributed by atoms with Crippen LogP contribution in [0.15, 0.2) is 30.5 Å². The highest BCUT2D eigenvalue weighted by molar-refractivity contribution is 5.84. The van der Waals surface area contributed by atoms with Crippen LogP contribution < -0.4 is 0 Å². The maximum absolute atomic E-state index is 9.86. The molecule has 2 N–H and O–H groups in total. The summed E-state index contributed by atoms with van der Waals surface area (Å²) in [6.45, 7) is -0.234. The Labute approximate surface area is 93.9 Å². The van der Waals surface area contributed by atoms with Crippen LogP contribution in [0, 0.1) is 11.8 Å². The summed E-state index contributed by atoms with van der Waals surface area (Å²) in [5.74, 6) is 5.06. The topological polar surface area (TPSA) is 45.4 Å². The van der Waals surface area contributed by atoms with Gasteiger partial charge in [-0.15, -0.1) is 0 Å². The van der Waals surface area contributed by atoms with Gasteiger partial charge in [0.05, 0.1) is 0 Å². The third-order valence-corrected chi connectivity index (χ3v) is 2.54. The molecule has 0 amide bonds. The van der Waals surface area contributed by atoms with Crippen LogP contribution in [-0.2, 0) is 7.05 Å². The van der Waals surface area contributed by atoms with Gasteiger partial charge in [-0.25, -0.2) is 0 Å². The van der Waals surface area contributed by atoms with Crippen molar-refractivity contribution in [3.8, 4) is 11.8 Å². The molecule has 0 aliphatic heterocycles. The molecule has 0 aliphatic rings. The van der Waals surface area contributed by atoms with Crippen LogP contribution in [0.1, 0.15) is 11.7 Å². The molecule has 82 valence electrons. The summed E-state index contributed by atoms with van der Waals surface area (Å²) in [5.41, 5.74) is 1.83. The van der Waals surface area contributed by atoms with Crippen LogP contribution in [0.25, 0.3) is 10.9 Å². The Kier molecular flexibility index (Phi) is 2.95. The van der Waals surface area contributed by atoms with Crippen molar-refractivity contribution in [2.75, 3.05) is 6.61 Å². The van der Waals surface area contributed by atoms with Crippen molar-refractivity contribution in [3.05, 3.63) is 36.0 Å². The molecule has 0 saturated carbocycles. The van der Waals surface area contributed by atoms with Gasteiger partial charge in [0.2, 0.25) is 0 Å². The zero-order valence-electron chi connectivity index (χ0n) is 9.01. The van der Waals surface area contributed by atoms with E-state index in [-0.39, 0.29) is 6.61 Å². The van der Waals surface area contributed by atoms with E-state index >= 15 is 0 Å². The minimum atomic E-state index is -0.849. The second-order valence-electron chi connectivity index (χ2n) is 3.59. The lowest BCUT2D eigenvalue weighted by molar-refractivity contribution is 0.239. The molecule has 16 heavy (non-hydrogen) atoms. The Hall–Kier alpha value is -1.76. The Morgan fingerprint density at radius 2 is 2.12 bits per heavy atom. The summed E-state index contributed by atoms with van der Waals surface area (Å²) in [4.78, 5) is 0. The van der Waals surface area contributed by atoms with Crippen LogP contribution in [0.4, 0.5) is 0 Å². The molecule has 0 bridgehead atoms. The van der Waals surface area contributed by atoms with Gasteiger partial charge in [-0.3, -0.25) is 0 Å². The lowest BCUT2D eigenvalue weighted by Gasteiger charge is -2.00. The highest BCUT2D eigenvalue weighted by Gasteiger charge is 2.11. The van der Waals surface area contributed by atoms with Crippen LogP contribution in [-0.4, -0.2) is 21.4 Å². The van der Waals surface area contributed by atoms with Gasteiger partial charge in [-0.05, 0) is 6.07 Å². The average Bonchev–Trinajstić information content (AvgIpc) is 2.65. The number of aryl methyl sites for hydroxylation is 1. The average molecular weight is 215 g/mol. The highest BCUT2D eigenvalue weighted by atomic mass is 16.3. The Balaban J connectivity index is 2.52. The first kappa shape index (κ1) is 10.7. The predicted octanol–water partition coefficient (Wildman–Crippen LogP) is 1.21. The molecule has 1 heterocycles. The molecule has 2 rings (SSSR count). The SMILES string of the molecule is Cn1cc(C(O)C#CCO)c2ccccc21. The molecular weight excluding hydrogens is 202 g/mol. The standard InChI is InChI=1S/C13H13NO2/c1-14-9-11(13(16)7-4-8-15)10-5-2-3-6-12(10)14/h2-3,5-6,9,13,15-16H,8H2,1H3. The van der Waals surface area contributed by atoms with Gasteiger partial charge in [0, 0.05) is 29.7 Å². The van der Waals surface area contributed by atoms with Gasteiger partial charge in [0.15, 0.2) is 0 Å². The molecular formula is C13H13NO2. The Morgan fingerprint density at radius 1 is 1.38 bits per heavy atom. The fourth-order valence-electron chi connectivity index (χ4n) is 1.81. The number of aromatic nitrogens is 1. The van der Waals surface area contributed by atoms with Gasteiger partial charge in [0.1, 0.15) is 12.7 Å². The number of para-hydroxylation sites is 1. The van der Waals surface area contributed by atoms with Gasteiger partial charge in [0.25, 0.3) is 0 Å². The van der Waals surface area contributed by atoms with E-state index in [4.69, 9.17) is 5.11 Å². The van der Waals surface area contributed by atoms with Crippen molar-refractivity contribution in [2.45, 2.75) is 6.10 Å². The maximum Gasteiger partial charge on any atom is 0.142 e. The number of hydrogen-bond acceptors (Lipinski definition) is 2. The first-order chi connectivity index (χ1) is 7.74. The third kappa shape index (κ3) is 1.81. The molecule has 1 aromatic carbocycles. The van der Waals surface area contributed by atoms with Crippen molar-refractivity contribution in [1.82, 2.24) is 4.57 Å². The quantitative estimate of drug-likeness (QED) is 0.702. The Bertz CT molecular complexity index is 560. The van der Waals surface area contributed by atoms with Crippen LogP contribution >= 0.6 is 0 Å². The number of nitrogens with zero attached hydrogens (tertiary/aromatic N) is 1. The second-order valence-corrected chi connectivity index (χ2v) is 3.59. The number of fused-ring (bicyclic) bond motifs is 1. The van der Waals surface area contributed by atoms with E-state index in [2.05, 4.69) is 11.8 Å². The van der Waals surface area contributed by atoms with Gasteiger partial charge < -0.3 is 14.8 Å². The van der Waals surface area contributed by atoms with Crippen LogP contribution in [0.3, 0.4) is 0 Å². The molecule has 1 aromatic heterocycles. The van der Waals surface area contributed by atoms with Crippen molar-refractivity contribution < 1.29 is 10.2 Å². The highest BCUT2D eigenvalue weighted by Crippen LogP contribution is 2.25. The molecule has 1 unspecified atom stereocenters. The molecule has 0 radical (unpaired) electrons. The number of aliphatic hydroxyl groups is 2. The first-order valence-corrected chi connectivity index (χ1v) is 5.05. The molecule has 3 nitrogen and oxygen atoms in total. The smallest absolute Gasteiger partial charge is 0.142 e. The minimum absolute atomic E-state index is 0.234. The summed E-state index contributed by atoms with van der Waals surface area (Å²) >= 11 is 0. The Morgan fingerprint density at radius 3 is 2.88 bits per heavy atom. The van der Waals surface area contributed by atoms with Gasteiger partial charge in [-0.1, -0.05) is 30.0 Å². The zero-order valence-corrected chi connectivity index (χ0v) is 9.01. The summed E-state index contributed by atoms with van der Waals surface area (Å²) in [7, 11) is 1.93.